The number of carbonyl (C=O) groups excluding carboxylic acids is 2. The standard InChI is InChI=1S/C23H25N5O4S/c1-15(29)24-12-4-5-16-6-8-17(9-7-16)20-14-33-23(25-20)26-22(30)19-13-18(28(31)32)10-11-21(19)27(2)3/h6-11,13-14H,4-5,12H2,1-3H3,(H,24,29)(H,25,26,30). The van der Waals surface area contributed by atoms with Crippen LogP contribution in [0.25, 0.3) is 11.3 Å². The molecule has 1 heterocycles. The molecule has 2 aromatic carbocycles. The molecule has 0 aliphatic carbocycles. The van der Waals surface area contributed by atoms with Crippen molar-refractivity contribution in [3.05, 3.63) is 69.1 Å². The van der Waals surface area contributed by atoms with E-state index < -0.39 is 10.8 Å². The van der Waals surface area contributed by atoms with Gasteiger partial charge < -0.3 is 10.2 Å². The molecule has 9 nitrogen and oxygen atoms in total. The topological polar surface area (TPSA) is 117 Å². The molecule has 0 aliphatic heterocycles. The van der Waals surface area contributed by atoms with Crippen LogP contribution >= 0.6 is 11.3 Å². The number of carbonyl (C=O) groups is 2. The molecule has 0 radical (unpaired) electrons. The summed E-state index contributed by atoms with van der Waals surface area (Å²) in [6.07, 6.45) is 1.72. The molecule has 3 rings (SSSR count). The average Bonchev–Trinajstić information content (AvgIpc) is 3.24. The van der Waals surface area contributed by atoms with Crippen molar-refractivity contribution >= 4 is 39.7 Å². The Balaban J connectivity index is 1.68. The number of nitrogens with one attached hydrogen (secondary N) is 2. The summed E-state index contributed by atoms with van der Waals surface area (Å²) in [5.41, 5.74) is 3.43. The van der Waals surface area contributed by atoms with Gasteiger partial charge in [-0.15, -0.1) is 11.3 Å². The highest BCUT2D eigenvalue weighted by Crippen LogP contribution is 2.28. The van der Waals surface area contributed by atoms with Crippen molar-refractivity contribution in [1.29, 1.82) is 0 Å². The number of nitro benzene ring substituents is 1. The predicted octanol–water partition coefficient (Wildman–Crippen LogP) is 4.11. The van der Waals surface area contributed by atoms with Gasteiger partial charge in [0.1, 0.15) is 0 Å². The van der Waals surface area contributed by atoms with Crippen molar-refractivity contribution in [3.8, 4) is 11.3 Å². The van der Waals surface area contributed by atoms with Crippen molar-refractivity contribution < 1.29 is 14.5 Å². The van der Waals surface area contributed by atoms with E-state index in [9.17, 15) is 19.7 Å². The molecule has 0 saturated heterocycles. The van der Waals surface area contributed by atoms with E-state index in [1.165, 1.54) is 30.4 Å². The Morgan fingerprint density at radius 2 is 1.88 bits per heavy atom. The number of anilines is 2. The summed E-state index contributed by atoms with van der Waals surface area (Å²) in [5, 5.41) is 18.9. The zero-order chi connectivity index (χ0) is 24.0. The van der Waals surface area contributed by atoms with Crippen LogP contribution in [0.5, 0.6) is 0 Å². The molecule has 2 N–H and O–H groups in total. The lowest BCUT2D eigenvalue weighted by Crippen LogP contribution is -2.21. The molecule has 33 heavy (non-hydrogen) atoms. The maximum absolute atomic E-state index is 12.9. The minimum absolute atomic E-state index is 0.0276. The second-order valence-electron chi connectivity index (χ2n) is 7.63. The van der Waals surface area contributed by atoms with Crippen LogP contribution in [0.15, 0.2) is 47.8 Å². The second kappa shape index (κ2) is 10.7. The lowest BCUT2D eigenvalue weighted by Gasteiger charge is -2.16. The highest BCUT2D eigenvalue weighted by Gasteiger charge is 2.19. The predicted molar refractivity (Wildman–Crippen MR) is 130 cm³/mol. The molecule has 2 amide bonds. The third-order valence-corrected chi connectivity index (χ3v) is 5.67. The Kier molecular flexibility index (Phi) is 7.73. The van der Waals surface area contributed by atoms with Crippen LogP contribution in [-0.4, -0.2) is 42.4 Å². The van der Waals surface area contributed by atoms with E-state index in [4.69, 9.17) is 0 Å². The van der Waals surface area contributed by atoms with Crippen molar-refractivity contribution in [2.24, 2.45) is 0 Å². The number of thiazole rings is 1. The molecule has 1 aromatic heterocycles. The summed E-state index contributed by atoms with van der Waals surface area (Å²) < 4.78 is 0. The first-order valence-electron chi connectivity index (χ1n) is 10.3. The van der Waals surface area contributed by atoms with Gasteiger partial charge in [0.15, 0.2) is 5.13 Å². The van der Waals surface area contributed by atoms with Crippen molar-refractivity contribution in [2.45, 2.75) is 19.8 Å². The molecular weight excluding hydrogens is 442 g/mol. The van der Waals surface area contributed by atoms with Crippen LogP contribution in [0, 0.1) is 10.1 Å². The van der Waals surface area contributed by atoms with Gasteiger partial charge in [-0.2, -0.15) is 0 Å². The number of amides is 2. The summed E-state index contributed by atoms with van der Waals surface area (Å²) in [7, 11) is 3.53. The van der Waals surface area contributed by atoms with E-state index in [2.05, 4.69) is 15.6 Å². The number of rotatable bonds is 9. The van der Waals surface area contributed by atoms with Gasteiger partial charge in [0, 0.05) is 56.3 Å². The molecule has 0 unspecified atom stereocenters. The van der Waals surface area contributed by atoms with Crippen LogP contribution < -0.4 is 15.5 Å². The largest absolute Gasteiger partial charge is 0.377 e. The van der Waals surface area contributed by atoms with E-state index in [0.717, 1.165) is 29.7 Å². The van der Waals surface area contributed by atoms with Crippen LogP contribution in [0.4, 0.5) is 16.5 Å². The lowest BCUT2D eigenvalue weighted by atomic mass is 10.1. The Hall–Kier alpha value is -3.79. The highest BCUT2D eigenvalue weighted by atomic mass is 32.1. The quantitative estimate of drug-likeness (QED) is 0.278. The molecule has 3 aromatic rings. The first-order valence-corrected chi connectivity index (χ1v) is 11.2. The fourth-order valence-electron chi connectivity index (χ4n) is 3.24. The number of nitro groups is 1. The van der Waals surface area contributed by atoms with Crippen molar-refractivity contribution in [1.82, 2.24) is 10.3 Å². The number of aryl methyl sites for hydroxylation is 1. The Bertz CT molecular complexity index is 1160. The summed E-state index contributed by atoms with van der Waals surface area (Å²) in [6.45, 7) is 2.15. The van der Waals surface area contributed by atoms with E-state index >= 15 is 0 Å². The van der Waals surface area contributed by atoms with Gasteiger partial charge in [-0.25, -0.2) is 4.98 Å². The number of benzene rings is 2. The van der Waals surface area contributed by atoms with Crippen LogP contribution in [0.1, 0.15) is 29.3 Å². The zero-order valence-corrected chi connectivity index (χ0v) is 19.4. The number of aromatic nitrogens is 1. The number of hydrogen-bond acceptors (Lipinski definition) is 7. The number of nitrogens with zero attached hydrogens (tertiary/aromatic N) is 3. The molecule has 0 saturated carbocycles. The van der Waals surface area contributed by atoms with Crippen LogP contribution in [0.2, 0.25) is 0 Å². The molecule has 0 bridgehead atoms. The van der Waals surface area contributed by atoms with Gasteiger partial charge in [0.2, 0.25) is 5.91 Å². The fourth-order valence-corrected chi connectivity index (χ4v) is 3.95. The Labute approximate surface area is 195 Å². The average molecular weight is 468 g/mol. The van der Waals surface area contributed by atoms with Gasteiger partial charge in [0.25, 0.3) is 11.6 Å². The molecule has 0 atom stereocenters. The van der Waals surface area contributed by atoms with Gasteiger partial charge in [-0.3, -0.25) is 25.0 Å². The summed E-state index contributed by atoms with van der Waals surface area (Å²) in [5.74, 6) is -0.488. The van der Waals surface area contributed by atoms with E-state index in [1.54, 1.807) is 25.1 Å². The van der Waals surface area contributed by atoms with Gasteiger partial charge in [0.05, 0.1) is 16.2 Å². The smallest absolute Gasteiger partial charge is 0.270 e. The zero-order valence-electron chi connectivity index (χ0n) is 18.6. The SMILES string of the molecule is CC(=O)NCCCc1ccc(-c2csc(NC(=O)c3cc([N+](=O)[O-])ccc3N(C)C)n2)cc1. The van der Waals surface area contributed by atoms with Crippen molar-refractivity contribution in [3.63, 3.8) is 0 Å². The van der Waals surface area contributed by atoms with Crippen LogP contribution in [0.3, 0.4) is 0 Å². The minimum Gasteiger partial charge on any atom is -0.377 e. The normalized spacial score (nSPS) is 10.5. The monoisotopic (exact) mass is 467 g/mol. The van der Waals surface area contributed by atoms with Crippen molar-refractivity contribution in [2.75, 3.05) is 30.9 Å². The minimum atomic E-state index is -0.527. The first-order chi connectivity index (χ1) is 15.7. The van der Waals surface area contributed by atoms with E-state index in [0.29, 0.717) is 17.4 Å². The Morgan fingerprint density at radius 1 is 1.15 bits per heavy atom. The maximum Gasteiger partial charge on any atom is 0.270 e. The van der Waals surface area contributed by atoms with Gasteiger partial charge >= 0.3 is 0 Å². The molecule has 0 fully saturated rings. The maximum atomic E-state index is 12.9. The fraction of sp³-hybridized carbons (Fsp3) is 0.261. The summed E-state index contributed by atoms with van der Waals surface area (Å²) in [4.78, 5) is 40.6. The van der Waals surface area contributed by atoms with E-state index in [-0.39, 0.29) is 17.2 Å². The first kappa shape index (κ1) is 23.9. The van der Waals surface area contributed by atoms with E-state index in [1.807, 2.05) is 29.6 Å². The molecule has 0 spiro atoms. The third-order valence-electron chi connectivity index (χ3n) is 4.91. The molecule has 172 valence electrons. The summed E-state index contributed by atoms with van der Waals surface area (Å²) >= 11 is 1.29. The molecular formula is C23H25N5O4S. The molecule has 0 aliphatic rings. The second-order valence-corrected chi connectivity index (χ2v) is 8.49. The van der Waals surface area contributed by atoms with Gasteiger partial charge in [-0.05, 0) is 24.5 Å². The van der Waals surface area contributed by atoms with Gasteiger partial charge in [-0.1, -0.05) is 24.3 Å². The number of non-ortho nitro benzene ring substituents is 1. The lowest BCUT2D eigenvalue weighted by molar-refractivity contribution is -0.384. The third kappa shape index (κ3) is 6.36. The Morgan fingerprint density at radius 3 is 2.52 bits per heavy atom. The van der Waals surface area contributed by atoms with Crippen LogP contribution in [-0.2, 0) is 11.2 Å². The highest BCUT2D eigenvalue weighted by molar-refractivity contribution is 7.14. The molecule has 10 heteroatoms. The summed E-state index contributed by atoms with van der Waals surface area (Å²) in [6, 6.07) is 12.2. The number of hydrogen-bond donors (Lipinski definition) is 2.